The van der Waals surface area contributed by atoms with Gasteiger partial charge in [-0.05, 0) is 36.7 Å². The van der Waals surface area contributed by atoms with Gasteiger partial charge in [0.05, 0.1) is 5.52 Å². The maximum absolute atomic E-state index is 13.8. The van der Waals surface area contributed by atoms with Gasteiger partial charge in [0.2, 0.25) is 0 Å². The molecule has 2 nitrogen and oxygen atoms in total. The van der Waals surface area contributed by atoms with Crippen LogP contribution in [-0.4, -0.2) is 9.55 Å². The molecule has 1 heterocycles. The lowest BCUT2D eigenvalue weighted by atomic mass is 10.1. The average Bonchev–Trinajstić information content (AvgIpc) is 2.66. The number of nitrogens with one attached hydrogen (secondary N) is 1. The van der Waals surface area contributed by atoms with Gasteiger partial charge in [-0.15, -0.1) is 0 Å². The van der Waals surface area contributed by atoms with E-state index in [1.54, 1.807) is 4.57 Å². The minimum Gasteiger partial charge on any atom is -0.330 e. The minimum atomic E-state index is -0.836. The van der Waals surface area contributed by atoms with Crippen LogP contribution >= 0.6 is 12.2 Å². The second kappa shape index (κ2) is 5.82. The minimum absolute atomic E-state index is 0.245. The Kier molecular flexibility index (Phi) is 4.34. The van der Waals surface area contributed by atoms with Crippen LogP contribution in [0, 0.1) is 22.3 Å². The first-order valence-corrected chi connectivity index (χ1v) is 6.98. The van der Waals surface area contributed by atoms with Crippen molar-refractivity contribution < 1.29 is 8.78 Å². The van der Waals surface area contributed by atoms with E-state index in [2.05, 4.69) is 18.8 Å². The van der Waals surface area contributed by atoms with Gasteiger partial charge >= 0.3 is 0 Å². The summed E-state index contributed by atoms with van der Waals surface area (Å²) < 4.78 is 29.2. The fraction of sp³-hybridized carbons (Fsp3) is 0.500. The molecule has 0 atom stereocenters. The second-order valence-corrected chi connectivity index (χ2v) is 5.62. The van der Waals surface area contributed by atoms with Gasteiger partial charge in [0.25, 0.3) is 0 Å². The van der Waals surface area contributed by atoms with Crippen LogP contribution in [0.3, 0.4) is 0 Å². The van der Waals surface area contributed by atoms with E-state index in [0.29, 0.717) is 22.8 Å². The zero-order valence-corrected chi connectivity index (χ0v) is 12.0. The lowest BCUT2D eigenvalue weighted by Crippen LogP contribution is -2.01. The molecule has 5 heteroatoms. The highest BCUT2D eigenvalue weighted by molar-refractivity contribution is 7.71. The maximum atomic E-state index is 13.8. The number of nitrogens with zero attached hydrogens (tertiary/aromatic N) is 1. The number of aryl methyl sites for hydroxylation is 1. The SMILES string of the molecule is CC(C)CCCCn1c(=S)[nH]c2ccc(F)c(F)c21. The molecule has 2 rings (SSSR count). The summed E-state index contributed by atoms with van der Waals surface area (Å²) in [4.78, 5) is 2.92. The predicted octanol–water partition coefficient (Wildman–Crippen LogP) is 4.80. The maximum Gasteiger partial charge on any atom is 0.184 e. The van der Waals surface area contributed by atoms with Crippen LogP contribution in [0.5, 0.6) is 0 Å². The van der Waals surface area contributed by atoms with Gasteiger partial charge in [-0.1, -0.05) is 26.7 Å². The van der Waals surface area contributed by atoms with E-state index in [1.165, 1.54) is 6.07 Å². The van der Waals surface area contributed by atoms with Gasteiger partial charge in [-0.25, -0.2) is 8.78 Å². The van der Waals surface area contributed by atoms with Crippen molar-refractivity contribution in [2.75, 3.05) is 0 Å². The predicted molar refractivity (Wildman–Crippen MR) is 75.7 cm³/mol. The molecule has 0 spiro atoms. The van der Waals surface area contributed by atoms with Gasteiger partial charge in [0.1, 0.15) is 5.52 Å². The monoisotopic (exact) mass is 284 g/mol. The molecule has 0 aliphatic heterocycles. The molecule has 0 saturated carbocycles. The number of imidazole rings is 1. The Balaban J connectivity index is 2.25. The van der Waals surface area contributed by atoms with Crippen LogP contribution in [0.1, 0.15) is 33.1 Å². The molecule has 0 bridgehead atoms. The number of aromatic nitrogens is 2. The van der Waals surface area contributed by atoms with Crippen molar-refractivity contribution in [1.82, 2.24) is 9.55 Å². The Bertz CT molecular complexity index is 628. The first kappa shape index (κ1) is 14.2. The van der Waals surface area contributed by atoms with Crippen molar-refractivity contribution in [2.45, 2.75) is 39.7 Å². The lowest BCUT2D eigenvalue weighted by molar-refractivity contribution is 0.497. The smallest absolute Gasteiger partial charge is 0.184 e. The third-order valence-corrected chi connectivity index (χ3v) is 3.56. The number of unbranched alkanes of at least 4 members (excludes halogenated alkanes) is 1. The molecule has 2 aromatic rings. The van der Waals surface area contributed by atoms with Crippen molar-refractivity contribution in [3.63, 3.8) is 0 Å². The normalized spacial score (nSPS) is 11.6. The van der Waals surface area contributed by atoms with E-state index < -0.39 is 11.6 Å². The number of aromatic amines is 1. The second-order valence-electron chi connectivity index (χ2n) is 5.23. The summed E-state index contributed by atoms with van der Waals surface area (Å²) in [6.07, 6.45) is 3.10. The topological polar surface area (TPSA) is 20.7 Å². The third-order valence-electron chi connectivity index (χ3n) is 3.24. The molecule has 1 aromatic heterocycles. The van der Waals surface area contributed by atoms with Gasteiger partial charge in [-0.2, -0.15) is 0 Å². The molecule has 1 N–H and O–H groups in total. The summed E-state index contributed by atoms with van der Waals surface area (Å²) in [6, 6.07) is 2.64. The van der Waals surface area contributed by atoms with Crippen LogP contribution in [0.4, 0.5) is 8.78 Å². The highest BCUT2D eigenvalue weighted by Gasteiger charge is 2.13. The summed E-state index contributed by atoms with van der Waals surface area (Å²) in [5.74, 6) is -1.00. The number of hydrogen-bond acceptors (Lipinski definition) is 1. The van der Waals surface area contributed by atoms with Gasteiger partial charge < -0.3 is 9.55 Å². The molecule has 1 aromatic carbocycles. The first-order valence-electron chi connectivity index (χ1n) is 6.57. The van der Waals surface area contributed by atoms with Crippen LogP contribution in [-0.2, 0) is 6.54 Å². The molecular weight excluding hydrogens is 266 g/mol. The van der Waals surface area contributed by atoms with Crippen molar-refractivity contribution in [3.05, 3.63) is 28.5 Å². The Morgan fingerprint density at radius 2 is 2.00 bits per heavy atom. The summed E-state index contributed by atoms with van der Waals surface area (Å²) in [6.45, 7) is 4.96. The first-order chi connectivity index (χ1) is 9.00. The molecule has 0 radical (unpaired) electrons. The largest absolute Gasteiger partial charge is 0.330 e. The number of H-pyrrole nitrogens is 1. The zero-order valence-electron chi connectivity index (χ0n) is 11.2. The Morgan fingerprint density at radius 3 is 2.68 bits per heavy atom. The third kappa shape index (κ3) is 3.03. The van der Waals surface area contributed by atoms with E-state index in [1.807, 2.05) is 0 Å². The molecule has 104 valence electrons. The van der Waals surface area contributed by atoms with Crippen molar-refractivity contribution in [2.24, 2.45) is 5.92 Å². The zero-order chi connectivity index (χ0) is 14.0. The summed E-state index contributed by atoms with van der Waals surface area (Å²) in [5, 5.41) is 0. The molecule has 0 saturated heterocycles. The van der Waals surface area contributed by atoms with Gasteiger partial charge in [0.15, 0.2) is 16.4 Å². The number of rotatable bonds is 5. The molecular formula is C14H18F2N2S. The quantitative estimate of drug-likeness (QED) is 0.617. The highest BCUT2D eigenvalue weighted by Crippen LogP contribution is 2.21. The van der Waals surface area contributed by atoms with Crippen LogP contribution in [0.2, 0.25) is 0 Å². The summed E-state index contributed by atoms with van der Waals surface area (Å²) in [5.41, 5.74) is 0.794. The van der Waals surface area contributed by atoms with Crippen LogP contribution in [0.15, 0.2) is 12.1 Å². The Labute approximate surface area is 116 Å². The average molecular weight is 284 g/mol. The van der Waals surface area contributed by atoms with Crippen LogP contribution in [0.25, 0.3) is 11.0 Å². The fourth-order valence-electron chi connectivity index (χ4n) is 2.22. The number of benzene rings is 1. The molecule has 0 unspecified atom stereocenters. The molecule has 0 fully saturated rings. The summed E-state index contributed by atoms with van der Waals surface area (Å²) in [7, 11) is 0. The Hall–Kier alpha value is -1.23. The van der Waals surface area contributed by atoms with Crippen molar-refractivity contribution >= 4 is 23.3 Å². The van der Waals surface area contributed by atoms with E-state index in [-0.39, 0.29) is 5.52 Å². The van der Waals surface area contributed by atoms with Crippen molar-refractivity contribution in [3.8, 4) is 0 Å². The standard InChI is InChI=1S/C14H18F2N2S/c1-9(2)5-3-4-8-18-13-11(17-14(18)19)7-6-10(15)12(13)16/h6-7,9H,3-5,8H2,1-2H3,(H,17,19). The highest BCUT2D eigenvalue weighted by atomic mass is 32.1. The van der Waals surface area contributed by atoms with Gasteiger partial charge in [-0.3, -0.25) is 0 Å². The molecule has 0 amide bonds. The van der Waals surface area contributed by atoms with E-state index in [9.17, 15) is 8.78 Å². The van der Waals surface area contributed by atoms with Crippen molar-refractivity contribution in [1.29, 1.82) is 0 Å². The number of hydrogen-bond donors (Lipinski definition) is 1. The van der Waals surface area contributed by atoms with Crippen LogP contribution < -0.4 is 0 Å². The van der Waals surface area contributed by atoms with E-state index >= 15 is 0 Å². The lowest BCUT2D eigenvalue weighted by Gasteiger charge is -2.07. The molecule has 0 aliphatic rings. The molecule has 19 heavy (non-hydrogen) atoms. The number of fused-ring (bicyclic) bond motifs is 1. The fourth-order valence-corrected chi connectivity index (χ4v) is 2.52. The van der Waals surface area contributed by atoms with E-state index in [0.717, 1.165) is 25.3 Å². The Morgan fingerprint density at radius 1 is 1.26 bits per heavy atom. The van der Waals surface area contributed by atoms with Gasteiger partial charge in [0, 0.05) is 6.54 Å². The molecule has 0 aliphatic carbocycles. The number of halogens is 2. The van der Waals surface area contributed by atoms with E-state index in [4.69, 9.17) is 12.2 Å². The summed E-state index contributed by atoms with van der Waals surface area (Å²) >= 11 is 5.18.